The summed E-state index contributed by atoms with van der Waals surface area (Å²) in [5.41, 5.74) is 4.68. The van der Waals surface area contributed by atoms with E-state index in [0.717, 1.165) is 41.5 Å². The first-order valence-electron chi connectivity index (χ1n) is 14.6. The number of pyridine rings is 2. The Morgan fingerprint density at radius 3 is 2.54 bits per heavy atom. The molecule has 0 aliphatic carbocycles. The van der Waals surface area contributed by atoms with Crippen molar-refractivity contribution < 1.29 is 14.3 Å². The molecule has 5 rings (SSSR count). The van der Waals surface area contributed by atoms with Gasteiger partial charge in [-0.3, -0.25) is 0 Å². The number of nitrogens with zero attached hydrogens (tertiary/aromatic N) is 6. The monoisotopic (exact) mass is 560 g/mol. The number of hydrogen-bond donors (Lipinski definition) is 0. The number of aromatic nitrogens is 2. The SMILES string of the molecule is CN1CCC2CN(c3cc(-c4ccc(OCCN(C)C(=O)OC(C)(C)C)nc4)nc4cc(N(C)C)ccc34)CC2C1. The van der Waals surface area contributed by atoms with E-state index in [9.17, 15) is 4.79 Å². The first-order chi connectivity index (χ1) is 19.5. The first kappa shape index (κ1) is 28.9. The average molecular weight is 561 g/mol. The molecule has 0 bridgehead atoms. The maximum Gasteiger partial charge on any atom is 0.410 e. The van der Waals surface area contributed by atoms with Crippen LogP contribution in [0.2, 0.25) is 0 Å². The molecule has 2 aliphatic rings. The van der Waals surface area contributed by atoms with E-state index in [-0.39, 0.29) is 6.09 Å². The van der Waals surface area contributed by atoms with Gasteiger partial charge in [-0.25, -0.2) is 14.8 Å². The molecule has 9 heteroatoms. The van der Waals surface area contributed by atoms with Gasteiger partial charge in [0.05, 0.1) is 17.8 Å². The highest BCUT2D eigenvalue weighted by molar-refractivity contribution is 5.96. The summed E-state index contributed by atoms with van der Waals surface area (Å²) >= 11 is 0. The molecule has 9 nitrogen and oxygen atoms in total. The molecule has 1 aromatic carbocycles. The molecule has 41 heavy (non-hydrogen) atoms. The van der Waals surface area contributed by atoms with Gasteiger partial charge in [-0.15, -0.1) is 0 Å². The summed E-state index contributed by atoms with van der Waals surface area (Å²) in [6.45, 7) is 10.8. The predicted octanol–water partition coefficient (Wildman–Crippen LogP) is 5.00. The Morgan fingerprint density at radius 1 is 1.05 bits per heavy atom. The Bertz CT molecular complexity index is 1370. The third-order valence-corrected chi connectivity index (χ3v) is 8.05. The van der Waals surface area contributed by atoms with Gasteiger partial charge in [0.1, 0.15) is 12.2 Å². The van der Waals surface area contributed by atoms with Crippen LogP contribution < -0.4 is 14.5 Å². The van der Waals surface area contributed by atoms with Gasteiger partial charge in [0, 0.05) is 75.4 Å². The molecule has 2 saturated heterocycles. The molecule has 2 atom stereocenters. The largest absolute Gasteiger partial charge is 0.476 e. The van der Waals surface area contributed by atoms with Crippen molar-refractivity contribution in [3.05, 3.63) is 42.6 Å². The van der Waals surface area contributed by atoms with E-state index in [4.69, 9.17) is 14.5 Å². The Morgan fingerprint density at radius 2 is 1.83 bits per heavy atom. The lowest BCUT2D eigenvalue weighted by molar-refractivity contribution is 0.0277. The number of carbonyl (C=O) groups is 1. The Balaban J connectivity index is 1.35. The minimum Gasteiger partial charge on any atom is -0.476 e. The number of piperidine rings is 1. The molecule has 2 unspecified atom stereocenters. The van der Waals surface area contributed by atoms with Gasteiger partial charge in [-0.05, 0) is 83.0 Å². The molecule has 2 aromatic heterocycles. The smallest absolute Gasteiger partial charge is 0.410 e. The number of carbonyl (C=O) groups excluding carboxylic acids is 1. The van der Waals surface area contributed by atoms with Crippen LogP contribution in [-0.4, -0.2) is 99.0 Å². The molecule has 1 amide bonds. The van der Waals surface area contributed by atoms with Crippen molar-refractivity contribution in [2.45, 2.75) is 32.8 Å². The Kier molecular flexibility index (Phi) is 8.27. The summed E-state index contributed by atoms with van der Waals surface area (Å²) in [7, 11) is 8.05. The lowest BCUT2D eigenvalue weighted by atomic mass is 9.89. The second-order valence-corrected chi connectivity index (χ2v) is 12.7. The van der Waals surface area contributed by atoms with E-state index in [1.165, 1.54) is 35.5 Å². The standard InChI is InChI=1S/C32H44N6O3/c1-32(2,3)41-31(39)37(7)14-15-40-30-11-8-22(18-33-30)27-17-29(26-10-9-25(35(4)5)16-28(26)34-27)38-20-23-12-13-36(6)19-24(23)21-38/h8-11,16-18,23-24H,12-15,19-21H2,1-7H3. The molecule has 220 valence electrons. The van der Waals surface area contributed by atoms with Crippen LogP contribution in [-0.2, 0) is 4.74 Å². The predicted molar refractivity (Wildman–Crippen MR) is 165 cm³/mol. The van der Waals surface area contributed by atoms with Gasteiger partial charge in [0.15, 0.2) is 0 Å². The molecular weight excluding hydrogens is 516 g/mol. The van der Waals surface area contributed by atoms with E-state index in [2.05, 4.69) is 65.1 Å². The van der Waals surface area contributed by atoms with Crippen molar-refractivity contribution in [3.63, 3.8) is 0 Å². The molecule has 0 N–H and O–H groups in total. The summed E-state index contributed by atoms with van der Waals surface area (Å²) in [5.74, 6) is 1.95. The number of fused-ring (bicyclic) bond motifs is 2. The number of likely N-dealkylation sites (tertiary alicyclic amines) is 1. The maximum absolute atomic E-state index is 12.2. The highest BCUT2D eigenvalue weighted by atomic mass is 16.6. The van der Waals surface area contributed by atoms with Gasteiger partial charge < -0.3 is 29.1 Å². The molecule has 0 saturated carbocycles. The summed E-state index contributed by atoms with van der Waals surface area (Å²) in [6.07, 6.45) is 2.71. The van der Waals surface area contributed by atoms with Crippen molar-refractivity contribution >= 4 is 28.4 Å². The quantitative estimate of drug-likeness (QED) is 0.400. The number of benzene rings is 1. The van der Waals surface area contributed by atoms with Crippen LogP contribution in [0.5, 0.6) is 5.88 Å². The topological polar surface area (TPSA) is 74.3 Å². The second kappa shape index (κ2) is 11.7. The molecule has 2 aliphatic heterocycles. The van der Waals surface area contributed by atoms with Gasteiger partial charge in [0.2, 0.25) is 5.88 Å². The Hall–Kier alpha value is -3.59. The van der Waals surface area contributed by atoms with Crippen LogP contribution in [0.15, 0.2) is 42.6 Å². The van der Waals surface area contributed by atoms with Crippen LogP contribution in [0.4, 0.5) is 16.2 Å². The second-order valence-electron chi connectivity index (χ2n) is 12.7. The average Bonchev–Trinajstić information content (AvgIpc) is 3.34. The summed E-state index contributed by atoms with van der Waals surface area (Å²) in [5, 5.41) is 1.19. The highest BCUT2D eigenvalue weighted by Crippen LogP contribution is 2.39. The van der Waals surface area contributed by atoms with Crippen molar-refractivity contribution in [2.75, 3.05) is 77.3 Å². The van der Waals surface area contributed by atoms with E-state index < -0.39 is 5.60 Å². The molecule has 2 fully saturated rings. The van der Waals surface area contributed by atoms with Gasteiger partial charge in [-0.1, -0.05) is 0 Å². The van der Waals surface area contributed by atoms with Gasteiger partial charge in [0.25, 0.3) is 0 Å². The molecular formula is C32H44N6O3. The molecule has 4 heterocycles. The van der Waals surface area contributed by atoms with Gasteiger partial charge in [-0.2, -0.15) is 0 Å². The fourth-order valence-electron chi connectivity index (χ4n) is 5.77. The number of ether oxygens (including phenoxy) is 2. The minimum atomic E-state index is -0.530. The van der Waals surface area contributed by atoms with Crippen molar-refractivity contribution in [1.29, 1.82) is 0 Å². The zero-order valence-corrected chi connectivity index (χ0v) is 25.6. The van der Waals surface area contributed by atoms with Crippen LogP contribution in [0, 0.1) is 11.8 Å². The van der Waals surface area contributed by atoms with Crippen molar-refractivity contribution in [3.8, 4) is 17.1 Å². The number of anilines is 2. The normalized spacial score (nSPS) is 19.2. The van der Waals surface area contributed by atoms with Crippen LogP contribution >= 0.6 is 0 Å². The lowest BCUT2D eigenvalue weighted by Gasteiger charge is -2.31. The summed E-state index contributed by atoms with van der Waals surface area (Å²) in [6, 6.07) is 12.7. The molecule has 0 spiro atoms. The fourth-order valence-corrected chi connectivity index (χ4v) is 5.77. The summed E-state index contributed by atoms with van der Waals surface area (Å²) < 4.78 is 11.2. The van der Waals surface area contributed by atoms with E-state index >= 15 is 0 Å². The highest BCUT2D eigenvalue weighted by Gasteiger charge is 2.36. The maximum atomic E-state index is 12.2. The van der Waals surface area contributed by atoms with Crippen molar-refractivity contribution in [1.82, 2.24) is 19.8 Å². The van der Waals surface area contributed by atoms with Crippen molar-refractivity contribution in [2.24, 2.45) is 11.8 Å². The van der Waals surface area contributed by atoms with Crippen LogP contribution in [0.25, 0.3) is 22.2 Å². The van der Waals surface area contributed by atoms with Gasteiger partial charge >= 0.3 is 6.09 Å². The van der Waals surface area contributed by atoms with E-state index in [1.807, 2.05) is 39.1 Å². The number of likely N-dealkylation sites (N-methyl/N-ethyl adjacent to an activating group) is 1. The van der Waals surface area contributed by atoms with Crippen LogP contribution in [0.1, 0.15) is 27.2 Å². The number of rotatable bonds is 7. The Labute approximate surface area is 244 Å². The molecule has 0 radical (unpaired) electrons. The van der Waals surface area contributed by atoms with E-state index in [0.29, 0.717) is 24.9 Å². The third-order valence-electron chi connectivity index (χ3n) is 8.05. The zero-order chi connectivity index (χ0) is 29.3. The molecule has 3 aromatic rings. The minimum absolute atomic E-state index is 0.320. The van der Waals surface area contributed by atoms with E-state index in [1.54, 1.807) is 7.05 Å². The first-order valence-corrected chi connectivity index (χ1v) is 14.6. The third kappa shape index (κ3) is 6.84. The number of hydrogen-bond acceptors (Lipinski definition) is 8. The zero-order valence-electron chi connectivity index (χ0n) is 25.6. The van der Waals surface area contributed by atoms with Crippen LogP contribution in [0.3, 0.4) is 0 Å². The lowest BCUT2D eigenvalue weighted by Crippen LogP contribution is -2.37. The fraction of sp³-hybridized carbons (Fsp3) is 0.531. The number of amides is 1. The summed E-state index contributed by atoms with van der Waals surface area (Å²) in [4.78, 5) is 30.5.